The minimum atomic E-state index is 0. The molecule has 0 atom stereocenters. The molecule has 1 heterocycles. The van der Waals surface area contributed by atoms with Crippen molar-refractivity contribution in [3.05, 3.63) is 0 Å². The molecule has 0 unspecified atom stereocenters. The Morgan fingerprint density at radius 2 is 1.44 bits per heavy atom. The Morgan fingerprint density at radius 3 is 1.94 bits per heavy atom. The van der Waals surface area contributed by atoms with Crippen LogP contribution in [-0.4, -0.2) is 56.1 Å². The molecule has 0 radical (unpaired) electrons. The van der Waals surface area contributed by atoms with Gasteiger partial charge in [-0.05, 0) is 33.0 Å². The van der Waals surface area contributed by atoms with Gasteiger partial charge >= 0.3 is 0 Å². The predicted molar refractivity (Wildman–Crippen MR) is 78.6 cm³/mol. The molecule has 0 aliphatic carbocycles. The van der Waals surface area contributed by atoms with Gasteiger partial charge in [-0.25, -0.2) is 0 Å². The zero-order valence-electron chi connectivity index (χ0n) is 10.1. The third kappa shape index (κ3) is 9.94. The lowest BCUT2D eigenvalue weighted by Crippen LogP contribution is -2.44. The van der Waals surface area contributed by atoms with E-state index in [1.165, 1.54) is 52.0 Å². The summed E-state index contributed by atoms with van der Waals surface area (Å²) < 4.78 is 0. The van der Waals surface area contributed by atoms with Crippen molar-refractivity contribution in [2.24, 2.45) is 5.73 Å². The maximum Gasteiger partial charge on any atom is 0.0110 e. The maximum atomic E-state index is 5.45. The highest BCUT2D eigenvalue weighted by Gasteiger charge is 2.12. The summed E-state index contributed by atoms with van der Waals surface area (Å²) in [5, 5.41) is 0. The maximum absolute atomic E-state index is 5.45. The molecule has 0 saturated carbocycles. The van der Waals surface area contributed by atoms with Gasteiger partial charge in [0.1, 0.15) is 0 Å². The van der Waals surface area contributed by atoms with E-state index < -0.39 is 0 Å². The molecular weight excluding hydrogens is 268 g/mol. The van der Waals surface area contributed by atoms with Gasteiger partial charge in [-0.3, -0.25) is 0 Å². The average molecular weight is 295 g/mol. The summed E-state index contributed by atoms with van der Waals surface area (Å²) in [5.74, 6) is 0. The van der Waals surface area contributed by atoms with E-state index in [4.69, 9.17) is 5.73 Å². The monoisotopic (exact) mass is 293 g/mol. The van der Waals surface area contributed by atoms with Gasteiger partial charge in [0, 0.05) is 26.2 Å². The van der Waals surface area contributed by atoms with Crippen LogP contribution in [0.3, 0.4) is 0 Å². The van der Waals surface area contributed by atoms with Crippen LogP contribution in [0, 0.1) is 0 Å². The van der Waals surface area contributed by atoms with E-state index in [0.717, 1.165) is 6.54 Å². The lowest BCUT2D eigenvalue weighted by Gasteiger charge is -2.32. The number of nitrogens with two attached hydrogens (primary N) is 1. The molecule has 0 bridgehead atoms. The topological polar surface area (TPSA) is 32.5 Å². The number of unbranched alkanes of at least 4 members (excludes halogenated alkanes) is 2. The molecule has 102 valence electrons. The summed E-state index contributed by atoms with van der Waals surface area (Å²) in [7, 11) is 2.20. The number of hydrogen-bond donors (Lipinski definition) is 1. The number of nitrogens with zero attached hydrogens (tertiary/aromatic N) is 2. The number of piperazine rings is 1. The summed E-state index contributed by atoms with van der Waals surface area (Å²) >= 11 is 0. The van der Waals surface area contributed by atoms with Crippen molar-refractivity contribution >= 4 is 37.2 Å². The fraction of sp³-hybridized carbons (Fsp3) is 1.00. The molecule has 6 heteroatoms. The van der Waals surface area contributed by atoms with E-state index >= 15 is 0 Å². The Labute approximate surface area is 118 Å². The smallest absolute Gasteiger partial charge is 0.0110 e. The van der Waals surface area contributed by atoms with Gasteiger partial charge in [0.25, 0.3) is 0 Å². The van der Waals surface area contributed by atoms with Gasteiger partial charge in [-0.2, -0.15) is 0 Å². The first-order valence-corrected chi connectivity index (χ1v) is 5.44. The van der Waals surface area contributed by atoms with Gasteiger partial charge in [0.05, 0.1) is 0 Å². The van der Waals surface area contributed by atoms with Gasteiger partial charge in [-0.15, -0.1) is 37.2 Å². The molecule has 0 aromatic carbocycles. The molecular formula is C10H26Cl3N3. The van der Waals surface area contributed by atoms with E-state index in [9.17, 15) is 0 Å². The number of rotatable bonds is 5. The molecule has 3 nitrogen and oxygen atoms in total. The molecule has 2 N–H and O–H groups in total. The number of likely N-dealkylation sites (N-methyl/N-ethyl adjacent to an activating group) is 1. The van der Waals surface area contributed by atoms with Crippen molar-refractivity contribution in [2.75, 3.05) is 46.3 Å². The van der Waals surface area contributed by atoms with Gasteiger partial charge in [0.2, 0.25) is 0 Å². The minimum absolute atomic E-state index is 0. The van der Waals surface area contributed by atoms with E-state index in [1.54, 1.807) is 0 Å². The summed E-state index contributed by atoms with van der Waals surface area (Å²) in [6, 6.07) is 0. The first-order chi connectivity index (χ1) is 6.33. The second-order valence-corrected chi connectivity index (χ2v) is 3.99. The first-order valence-electron chi connectivity index (χ1n) is 5.44. The lowest BCUT2D eigenvalue weighted by molar-refractivity contribution is 0.152. The molecule has 1 aliphatic rings. The summed E-state index contributed by atoms with van der Waals surface area (Å²) in [6.45, 7) is 7.09. The van der Waals surface area contributed by atoms with Crippen LogP contribution in [0.1, 0.15) is 19.3 Å². The van der Waals surface area contributed by atoms with Crippen LogP contribution in [0.2, 0.25) is 0 Å². The van der Waals surface area contributed by atoms with Crippen LogP contribution in [0.4, 0.5) is 0 Å². The van der Waals surface area contributed by atoms with Crippen molar-refractivity contribution in [1.82, 2.24) is 9.80 Å². The number of halogens is 3. The Hall–Kier alpha value is 0.750. The van der Waals surface area contributed by atoms with E-state index in [2.05, 4.69) is 16.8 Å². The summed E-state index contributed by atoms with van der Waals surface area (Å²) in [4.78, 5) is 4.97. The van der Waals surface area contributed by atoms with Crippen LogP contribution < -0.4 is 5.73 Å². The molecule has 1 fully saturated rings. The Balaban J connectivity index is -0.000000563. The molecule has 0 aromatic heterocycles. The minimum Gasteiger partial charge on any atom is -0.330 e. The van der Waals surface area contributed by atoms with Crippen LogP contribution in [-0.2, 0) is 0 Å². The fourth-order valence-corrected chi connectivity index (χ4v) is 1.73. The summed E-state index contributed by atoms with van der Waals surface area (Å²) in [6.07, 6.45) is 3.80. The van der Waals surface area contributed by atoms with E-state index in [1.807, 2.05) is 0 Å². The zero-order chi connectivity index (χ0) is 9.52. The highest BCUT2D eigenvalue weighted by atomic mass is 35.5. The van der Waals surface area contributed by atoms with Gasteiger partial charge < -0.3 is 15.5 Å². The quantitative estimate of drug-likeness (QED) is 0.782. The van der Waals surface area contributed by atoms with Crippen LogP contribution in [0.15, 0.2) is 0 Å². The normalized spacial score (nSPS) is 16.9. The lowest BCUT2D eigenvalue weighted by atomic mass is 10.2. The Bertz CT molecular complexity index is 130. The zero-order valence-corrected chi connectivity index (χ0v) is 12.5. The molecule has 16 heavy (non-hydrogen) atoms. The molecule has 0 amide bonds. The van der Waals surface area contributed by atoms with Crippen LogP contribution in [0.25, 0.3) is 0 Å². The van der Waals surface area contributed by atoms with Gasteiger partial charge in [-0.1, -0.05) is 6.42 Å². The van der Waals surface area contributed by atoms with Crippen molar-refractivity contribution in [3.8, 4) is 0 Å². The highest BCUT2D eigenvalue weighted by molar-refractivity contribution is 5.86. The SMILES string of the molecule is CN1CCN(CCCCCN)CC1.Cl.Cl.Cl. The Morgan fingerprint density at radius 1 is 0.875 bits per heavy atom. The third-order valence-electron chi connectivity index (χ3n) is 2.77. The van der Waals surface area contributed by atoms with Crippen molar-refractivity contribution in [3.63, 3.8) is 0 Å². The van der Waals surface area contributed by atoms with E-state index in [-0.39, 0.29) is 37.2 Å². The third-order valence-corrected chi connectivity index (χ3v) is 2.77. The summed E-state index contributed by atoms with van der Waals surface area (Å²) in [5.41, 5.74) is 5.45. The van der Waals surface area contributed by atoms with Crippen molar-refractivity contribution in [2.45, 2.75) is 19.3 Å². The molecule has 0 spiro atoms. The van der Waals surface area contributed by atoms with E-state index in [0.29, 0.717) is 0 Å². The molecule has 0 aromatic rings. The second kappa shape index (κ2) is 13.8. The number of hydrogen-bond acceptors (Lipinski definition) is 3. The Kier molecular flexibility index (Phi) is 19.0. The predicted octanol–water partition coefficient (Wildman–Crippen LogP) is 1.63. The molecule has 1 aliphatic heterocycles. The molecule has 1 rings (SSSR count). The van der Waals surface area contributed by atoms with Crippen LogP contribution in [0.5, 0.6) is 0 Å². The average Bonchev–Trinajstić information content (AvgIpc) is 2.15. The highest BCUT2D eigenvalue weighted by Crippen LogP contribution is 2.02. The standard InChI is InChI=1S/C10H23N3.3ClH/c1-12-7-9-13(10-8-12)6-4-2-3-5-11;;;/h2-11H2,1H3;3*1H. The first kappa shape index (κ1) is 22.0. The van der Waals surface area contributed by atoms with Crippen LogP contribution >= 0.6 is 37.2 Å². The van der Waals surface area contributed by atoms with Crippen molar-refractivity contribution < 1.29 is 0 Å². The molecule has 1 saturated heterocycles. The van der Waals surface area contributed by atoms with Crippen molar-refractivity contribution in [1.29, 1.82) is 0 Å². The van der Waals surface area contributed by atoms with Gasteiger partial charge in [0.15, 0.2) is 0 Å². The fourth-order valence-electron chi connectivity index (χ4n) is 1.73. The largest absolute Gasteiger partial charge is 0.330 e. The second-order valence-electron chi connectivity index (χ2n) is 3.99.